The van der Waals surface area contributed by atoms with Crippen LogP contribution in [0.25, 0.3) is 0 Å². The quantitative estimate of drug-likeness (QED) is 0.894. The molecule has 0 aromatic heterocycles. The molecule has 0 saturated heterocycles. The number of hydrogen-bond acceptors (Lipinski definition) is 3. The van der Waals surface area contributed by atoms with Gasteiger partial charge in [-0.25, -0.2) is 8.42 Å². The molecular weight excluding hydrogens is 236 g/mol. The van der Waals surface area contributed by atoms with Crippen LogP contribution in [0.2, 0.25) is 0 Å². The zero-order chi connectivity index (χ0) is 12.3. The first-order valence-electron chi connectivity index (χ1n) is 6.05. The molecule has 3 nitrogen and oxygen atoms in total. The van der Waals surface area contributed by atoms with Gasteiger partial charge in [0.15, 0.2) is 9.84 Å². The number of aliphatic hydroxyl groups excluding tert-OH is 1. The lowest BCUT2D eigenvalue weighted by Crippen LogP contribution is -2.17. The molecule has 1 aliphatic rings. The van der Waals surface area contributed by atoms with Gasteiger partial charge in [-0.2, -0.15) is 0 Å². The van der Waals surface area contributed by atoms with Gasteiger partial charge in [0.05, 0.1) is 16.8 Å². The van der Waals surface area contributed by atoms with Crippen molar-refractivity contribution < 1.29 is 13.5 Å². The molecule has 1 aromatic rings. The second kappa shape index (κ2) is 5.19. The van der Waals surface area contributed by atoms with Crippen LogP contribution in [0.1, 0.15) is 25.7 Å². The standard InChI is InChI=1S/C13H18O3S/c14-13-8-4-5-11(13)9-10-17(15,16)12-6-2-1-3-7-12/h1-3,6-7,11,13-14H,4-5,8-10H2. The Kier molecular flexibility index (Phi) is 3.84. The van der Waals surface area contributed by atoms with E-state index >= 15 is 0 Å². The summed E-state index contributed by atoms with van der Waals surface area (Å²) in [6.45, 7) is 0. The third-order valence-corrected chi connectivity index (χ3v) is 5.24. The lowest BCUT2D eigenvalue weighted by molar-refractivity contribution is 0.131. The smallest absolute Gasteiger partial charge is 0.178 e. The van der Waals surface area contributed by atoms with Crippen molar-refractivity contribution >= 4 is 9.84 Å². The fourth-order valence-corrected chi connectivity index (χ4v) is 3.83. The van der Waals surface area contributed by atoms with Crippen LogP contribution in [0, 0.1) is 5.92 Å². The van der Waals surface area contributed by atoms with Gasteiger partial charge >= 0.3 is 0 Å². The van der Waals surface area contributed by atoms with E-state index in [1.807, 2.05) is 0 Å². The highest BCUT2D eigenvalue weighted by molar-refractivity contribution is 7.91. The average molecular weight is 254 g/mol. The van der Waals surface area contributed by atoms with Crippen LogP contribution in [-0.4, -0.2) is 25.4 Å². The molecule has 1 fully saturated rings. The van der Waals surface area contributed by atoms with E-state index in [-0.39, 0.29) is 17.8 Å². The second-order valence-corrected chi connectivity index (χ2v) is 6.79. The van der Waals surface area contributed by atoms with Crippen molar-refractivity contribution in [2.45, 2.75) is 36.7 Å². The molecule has 0 aliphatic heterocycles. The summed E-state index contributed by atoms with van der Waals surface area (Å²) in [5.41, 5.74) is 0. The average Bonchev–Trinajstić information content (AvgIpc) is 2.74. The van der Waals surface area contributed by atoms with Crippen molar-refractivity contribution in [3.63, 3.8) is 0 Å². The first-order valence-corrected chi connectivity index (χ1v) is 7.71. The Morgan fingerprint density at radius 3 is 2.47 bits per heavy atom. The SMILES string of the molecule is O=S(=O)(CCC1CCCC1O)c1ccccc1. The number of benzene rings is 1. The Bertz CT molecular complexity index is 453. The number of aliphatic hydroxyl groups is 1. The summed E-state index contributed by atoms with van der Waals surface area (Å²) in [7, 11) is -3.18. The third kappa shape index (κ3) is 3.07. The van der Waals surface area contributed by atoms with Crippen LogP contribution < -0.4 is 0 Å². The van der Waals surface area contributed by atoms with Crippen molar-refractivity contribution in [1.29, 1.82) is 0 Å². The number of rotatable bonds is 4. The maximum absolute atomic E-state index is 12.0. The molecule has 1 aliphatic carbocycles. The summed E-state index contributed by atoms with van der Waals surface area (Å²) >= 11 is 0. The molecule has 17 heavy (non-hydrogen) atoms. The Morgan fingerprint density at radius 1 is 1.18 bits per heavy atom. The molecule has 1 saturated carbocycles. The Labute approximate surface area is 102 Å². The Balaban J connectivity index is 1.99. The highest BCUT2D eigenvalue weighted by Crippen LogP contribution is 2.29. The maximum atomic E-state index is 12.0. The van der Waals surface area contributed by atoms with Crippen LogP contribution in [0.15, 0.2) is 35.2 Å². The third-order valence-electron chi connectivity index (χ3n) is 3.48. The predicted molar refractivity (Wildman–Crippen MR) is 66.5 cm³/mol. The molecule has 4 heteroatoms. The van der Waals surface area contributed by atoms with Crippen LogP contribution in [0.4, 0.5) is 0 Å². The van der Waals surface area contributed by atoms with E-state index in [2.05, 4.69) is 0 Å². The highest BCUT2D eigenvalue weighted by atomic mass is 32.2. The molecule has 0 radical (unpaired) electrons. The lowest BCUT2D eigenvalue weighted by Gasteiger charge is -2.14. The van der Waals surface area contributed by atoms with E-state index in [9.17, 15) is 13.5 Å². The predicted octanol–water partition coefficient (Wildman–Crippen LogP) is 2.01. The monoisotopic (exact) mass is 254 g/mol. The second-order valence-electron chi connectivity index (χ2n) is 4.68. The zero-order valence-electron chi connectivity index (χ0n) is 9.75. The molecule has 2 atom stereocenters. The number of sulfone groups is 1. The van der Waals surface area contributed by atoms with Gasteiger partial charge in [0.25, 0.3) is 0 Å². The van der Waals surface area contributed by atoms with Crippen LogP contribution in [-0.2, 0) is 9.84 Å². The van der Waals surface area contributed by atoms with Crippen LogP contribution in [0.3, 0.4) is 0 Å². The molecule has 0 spiro atoms. The first-order chi connectivity index (χ1) is 8.09. The van der Waals surface area contributed by atoms with Gasteiger partial charge in [-0.15, -0.1) is 0 Å². The molecule has 2 unspecified atom stereocenters. The number of hydrogen-bond donors (Lipinski definition) is 1. The first kappa shape index (κ1) is 12.6. The molecule has 94 valence electrons. The van der Waals surface area contributed by atoms with Crippen molar-refractivity contribution in [2.24, 2.45) is 5.92 Å². The topological polar surface area (TPSA) is 54.4 Å². The van der Waals surface area contributed by atoms with Crippen LogP contribution in [0.5, 0.6) is 0 Å². The minimum atomic E-state index is -3.18. The summed E-state index contributed by atoms with van der Waals surface area (Å²) in [4.78, 5) is 0.382. The lowest BCUT2D eigenvalue weighted by atomic mass is 10.0. The van der Waals surface area contributed by atoms with Gasteiger partial charge in [0.2, 0.25) is 0 Å². The minimum absolute atomic E-state index is 0.138. The van der Waals surface area contributed by atoms with E-state index < -0.39 is 9.84 Å². The summed E-state index contributed by atoms with van der Waals surface area (Å²) in [5.74, 6) is 0.298. The molecule has 0 bridgehead atoms. The van der Waals surface area contributed by atoms with Gasteiger partial charge < -0.3 is 5.11 Å². The highest BCUT2D eigenvalue weighted by Gasteiger charge is 2.27. The fraction of sp³-hybridized carbons (Fsp3) is 0.538. The summed E-state index contributed by atoms with van der Waals surface area (Å²) in [6, 6.07) is 8.52. The van der Waals surface area contributed by atoms with Crippen LogP contribution >= 0.6 is 0 Å². The molecule has 1 N–H and O–H groups in total. The minimum Gasteiger partial charge on any atom is -0.393 e. The summed E-state index contributed by atoms with van der Waals surface area (Å²) in [6.07, 6.45) is 3.04. The molecule has 1 aromatic carbocycles. The Hall–Kier alpha value is -0.870. The van der Waals surface area contributed by atoms with Crippen molar-refractivity contribution in [2.75, 3.05) is 5.75 Å². The molecular formula is C13H18O3S. The van der Waals surface area contributed by atoms with Gasteiger partial charge in [0, 0.05) is 0 Å². The normalized spacial score (nSPS) is 25.0. The van der Waals surface area contributed by atoms with Gasteiger partial charge in [-0.3, -0.25) is 0 Å². The van der Waals surface area contributed by atoms with E-state index in [4.69, 9.17) is 0 Å². The Morgan fingerprint density at radius 2 is 1.88 bits per heavy atom. The van der Waals surface area contributed by atoms with Crippen molar-refractivity contribution in [3.05, 3.63) is 30.3 Å². The van der Waals surface area contributed by atoms with Gasteiger partial charge in [-0.05, 0) is 37.3 Å². The van der Waals surface area contributed by atoms with Gasteiger partial charge in [0.1, 0.15) is 0 Å². The summed E-state index contributed by atoms with van der Waals surface area (Å²) in [5, 5.41) is 9.66. The van der Waals surface area contributed by atoms with E-state index in [0.717, 1.165) is 19.3 Å². The fourth-order valence-electron chi connectivity index (χ4n) is 2.41. The van der Waals surface area contributed by atoms with Crippen molar-refractivity contribution in [3.8, 4) is 0 Å². The van der Waals surface area contributed by atoms with Gasteiger partial charge in [-0.1, -0.05) is 24.6 Å². The maximum Gasteiger partial charge on any atom is 0.178 e. The van der Waals surface area contributed by atoms with E-state index in [0.29, 0.717) is 11.3 Å². The van der Waals surface area contributed by atoms with Crippen molar-refractivity contribution in [1.82, 2.24) is 0 Å². The summed E-state index contributed by atoms with van der Waals surface area (Å²) < 4.78 is 24.0. The zero-order valence-corrected chi connectivity index (χ0v) is 10.6. The van der Waals surface area contributed by atoms with E-state index in [1.165, 1.54) is 0 Å². The molecule has 0 heterocycles. The molecule has 0 amide bonds. The van der Waals surface area contributed by atoms with E-state index in [1.54, 1.807) is 30.3 Å². The largest absolute Gasteiger partial charge is 0.393 e. The molecule has 2 rings (SSSR count).